The molecule has 0 amide bonds. The highest BCUT2D eigenvalue weighted by Crippen LogP contribution is 2.44. The van der Waals surface area contributed by atoms with Gasteiger partial charge in [-0.05, 0) is 29.7 Å². The molecule has 0 saturated heterocycles. The SMILES string of the molecule is CCC1c2[nH]c3ccccc3c2Cc2[nH]c3ccccc3c21. The van der Waals surface area contributed by atoms with Gasteiger partial charge in [-0.2, -0.15) is 0 Å². The standard InChI is InChI=1S/C20H18N2/c1-2-12-19-14-8-4-6-10-17(14)21-18(19)11-15-13-7-3-5-9-16(13)22-20(12)15/h3-10,12,21-22H,2,11H2,1H3. The molecule has 1 unspecified atom stereocenters. The van der Waals surface area contributed by atoms with E-state index in [1.54, 1.807) is 0 Å². The van der Waals surface area contributed by atoms with Crippen molar-refractivity contribution in [3.63, 3.8) is 0 Å². The summed E-state index contributed by atoms with van der Waals surface area (Å²) in [6.45, 7) is 2.29. The molecule has 0 saturated carbocycles. The van der Waals surface area contributed by atoms with Crippen molar-refractivity contribution in [3.05, 3.63) is 71.0 Å². The lowest BCUT2D eigenvalue weighted by Gasteiger charge is -2.23. The molecule has 108 valence electrons. The van der Waals surface area contributed by atoms with Gasteiger partial charge in [0, 0.05) is 45.5 Å². The fourth-order valence-corrected chi connectivity index (χ4v) is 4.20. The summed E-state index contributed by atoms with van der Waals surface area (Å²) in [6.07, 6.45) is 2.12. The van der Waals surface area contributed by atoms with Crippen LogP contribution in [0.1, 0.15) is 41.8 Å². The minimum Gasteiger partial charge on any atom is -0.358 e. The fraction of sp³-hybridized carbons (Fsp3) is 0.200. The number of H-pyrrole nitrogens is 2. The van der Waals surface area contributed by atoms with Gasteiger partial charge in [-0.15, -0.1) is 0 Å². The van der Waals surface area contributed by atoms with Crippen molar-refractivity contribution < 1.29 is 0 Å². The van der Waals surface area contributed by atoms with E-state index in [9.17, 15) is 0 Å². The normalized spacial score (nSPS) is 16.9. The molecule has 2 heterocycles. The maximum Gasteiger partial charge on any atom is 0.0459 e. The molecule has 0 aliphatic heterocycles. The quantitative estimate of drug-likeness (QED) is 0.488. The van der Waals surface area contributed by atoms with E-state index in [0.29, 0.717) is 5.92 Å². The molecule has 1 atom stereocenters. The lowest BCUT2D eigenvalue weighted by molar-refractivity contribution is 0.724. The van der Waals surface area contributed by atoms with Gasteiger partial charge < -0.3 is 9.97 Å². The van der Waals surface area contributed by atoms with E-state index < -0.39 is 0 Å². The molecular weight excluding hydrogens is 268 g/mol. The van der Waals surface area contributed by atoms with Gasteiger partial charge in [-0.25, -0.2) is 0 Å². The van der Waals surface area contributed by atoms with Crippen LogP contribution in [0, 0.1) is 0 Å². The Labute approximate surface area is 129 Å². The predicted molar refractivity (Wildman–Crippen MR) is 91.5 cm³/mol. The number of aromatic amines is 2. The highest BCUT2D eigenvalue weighted by Gasteiger charge is 2.30. The Morgan fingerprint density at radius 2 is 1.59 bits per heavy atom. The van der Waals surface area contributed by atoms with Crippen LogP contribution in [-0.2, 0) is 6.42 Å². The van der Waals surface area contributed by atoms with E-state index in [0.717, 1.165) is 12.8 Å². The molecule has 2 nitrogen and oxygen atoms in total. The van der Waals surface area contributed by atoms with Crippen molar-refractivity contribution in [3.8, 4) is 0 Å². The maximum absolute atomic E-state index is 3.70. The van der Waals surface area contributed by atoms with Crippen molar-refractivity contribution >= 4 is 21.8 Å². The van der Waals surface area contributed by atoms with Gasteiger partial charge in [0.25, 0.3) is 0 Å². The molecule has 2 heteroatoms. The van der Waals surface area contributed by atoms with Crippen LogP contribution < -0.4 is 0 Å². The zero-order chi connectivity index (χ0) is 14.7. The number of para-hydroxylation sites is 2. The Morgan fingerprint density at radius 3 is 2.36 bits per heavy atom. The molecule has 1 aliphatic rings. The molecule has 0 fully saturated rings. The van der Waals surface area contributed by atoms with Gasteiger partial charge in [0.05, 0.1) is 0 Å². The second-order valence-corrected chi connectivity index (χ2v) is 6.26. The number of aromatic nitrogens is 2. The lowest BCUT2D eigenvalue weighted by Crippen LogP contribution is -2.11. The van der Waals surface area contributed by atoms with Crippen LogP contribution in [0.15, 0.2) is 48.5 Å². The Balaban J connectivity index is 1.84. The van der Waals surface area contributed by atoms with Gasteiger partial charge in [0.1, 0.15) is 0 Å². The summed E-state index contributed by atoms with van der Waals surface area (Å²) in [5, 5.41) is 2.76. The van der Waals surface area contributed by atoms with Crippen LogP contribution in [0.5, 0.6) is 0 Å². The smallest absolute Gasteiger partial charge is 0.0459 e. The first-order chi connectivity index (χ1) is 10.9. The van der Waals surface area contributed by atoms with Crippen molar-refractivity contribution in [2.45, 2.75) is 25.7 Å². The molecule has 2 aromatic carbocycles. The van der Waals surface area contributed by atoms with Crippen LogP contribution in [0.2, 0.25) is 0 Å². The van der Waals surface area contributed by atoms with Crippen LogP contribution in [-0.4, -0.2) is 9.97 Å². The number of fused-ring (bicyclic) bond motifs is 6. The summed E-state index contributed by atoms with van der Waals surface area (Å²) in [7, 11) is 0. The Kier molecular flexibility index (Phi) is 2.34. The molecular formula is C20H18N2. The summed E-state index contributed by atoms with van der Waals surface area (Å²) in [6, 6.07) is 17.4. The van der Waals surface area contributed by atoms with Crippen LogP contribution in [0.3, 0.4) is 0 Å². The molecule has 1 aliphatic carbocycles. The highest BCUT2D eigenvalue weighted by molar-refractivity contribution is 5.90. The van der Waals surface area contributed by atoms with E-state index >= 15 is 0 Å². The van der Waals surface area contributed by atoms with Crippen LogP contribution >= 0.6 is 0 Å². The molecule has 2 aromatic heterocycles. The number of benzene rings is 2. The average molecular weight is 286 g/mol. The third-order valence-corrected chi connectivity index (χ3v) is 5.13. The zero-order valence-corrected chi connectivity index (χ0v) is 12.6. The van der Waals surface area contributed by atoms with Crippen molar-refractivity contribution in [1.82, 2.24) is 9.97 Å². The number of hydrogen-bond donors (Lipinski definition) is 2. The summed E-state index contributed by atoms with van der Waals surface area (Å²) in [5.74, 6) is 0.460. The number of hydrogen-bond acceptors (Lipinski definition) is 0. The molecule has 5 rings (SSSR count). The summed E-state index contributed by atoms with van der Waals surface area (Å²) in [4.78, 5) is 7.36. The number of nitrogens with one attached hydrogen (secondary N) is 2. The molecule has 0 radical (unpaired) electrons. The van der Waals surface area contributed by atoms with Crippen molar-refractivity contribution in [2.24, 2.45) is 0 Å². The Bertz CT molecular complexity index is 997. The van der Waals surface area contributed by atoms with Crippen molar-refractivity contribution in [1.29, 1.82) is 0 Å². The lowest BCUT2D eigenvalue weighted by atomic mass is 9.82. The molecule has 0 bridgehead atoms. The average Bonchev–Trinajstić information content (AvgIpc) is 3.11. The maximum atomic E-state index is 3.70. The monoisotopic (exact) mass is 286 g/mol. The Hall–Kier alpha value is -2.48. The molecule has 2 N–H and O–H groups in total. The predicted octanol–water partition coefficient (Wildman–Crippen LogP) is 5.10. The molecule has 0 spiro atoms. The van der Waals surface area contributed by atoms with E-state index in [2.05, 4.69) is 65.4 Å². The Morgan fingerprint density at radius 1 is 0.909 bits per heavy atom. The van der Waals surface area contributed by atoms with E-state index in [1.165, 1.54) is 44.3 Å². The van der Waals surface area contributed by atoms with Gasteiger partial charge in [-0.1, -0.05) is 43.3 Å². The van der Waals surface area contributed by atoms with Crippen LogP contribution in [0.25, 0.3) is 21.8 Å². The van der Waals surface area contributed by atoms with E-state index in [-0.39, 0.29) is 0 Å². The number of rotatable bonds is 1. The van der Waals surface area contributed by atoms with Crippen LogP contribution in [0.4, 0.5) is 0 Å². The van der Waals surface area contributed by atoms with Gasteiger partial charge in [0.15, 0.2) is 0 Å². The van der Waals surface area contributed by atoms with Gasteiger partial charge >= 0.3 is 0 Å². The third kappa shape index (κ3) is 1.45. The first-order valence-corrected chi connectivity index (χ1v) is 8.05. The molecule has 4 aromatic rings. The van der Waals surface area contributed by atoms with E-state index in [4.69, 9.17) is 0 Å². The van der Waals surface area contributed by atoms with Gasteiger partial charge in [-0.3, -0.25) is 0 Å². The molecule has 22 heavy (non-hydrogen) atoms. The topological polar surface area (TPSA) is 31.6 Å². The summed E-state index contributed by atoms with van der Waals surface area (Å²) < 4.78 is 0. The minimum atomic E-state index is 0.460. The minimum absolute atomic E-state index is 0.460. The first kappa shape index (κ1) is 12.1. The second kappa shape index (κ2) is 4.26. The van der Waals surface area contributed by atoms with Crippen molar-refractivity contribution in [2.75, 3.05) is 0 Å². The van der Waals surface area contributed by atoms with Gasteiger partial charge in [0.2, 0.25) is 0 Å². The third-order valence-electron chi connectivity index (χ3n) is 5.13. The fourth-order valence-electron chi connectivity index (χ4n) is 4.20. The highest BCUT2D eigenvalue weighted by atomic mass is 14.8. The summed E-state index contributed by atoms with van der Waals surface area (Å²) in [5.41, 5.74) is 8.31. The first-order valence-electron chi connectivity index (χ1n) is 8.05. The van der Waals surface area contributed by atoms with E-state index in [1.807, 2.05) is 0 Å². The zero-order valence-electron chi connectivity index (χ0n) is 12.6. The largest absolute Gasteiger partial charge is 0.358 e. The summed E-state index contributed by atoms with van der Waals surface area (Å²) >= 11 is 0. The second-order valence-electron chi connectivity index (χ2n) is 6.26.